The monoisotopic (exact) mass is 390 g/mol. The Morgan fingerprint density at radius 3 is 1.60 bits per heavy atom. The van der Waals surface area contributed by atoms with E-state index in [-0.39, 0.29) is 19.5 Å². The molecule has 2 heterocycles. The highest BCUT2D eigenvalue weighted by atomic mass is 28.3. The molecule has 0 saturated carbocycles. The molecule has 0 spiro atoms. The summed E-state index contributed by atoms with van der Waals surface area (Å²) < 4.78 is 28.9. The first-order valence-corrected chi connectivity index (χ1v) is 13.5. The second-order valence-electron chi connectivity index (χ2n) is 7.06. The second-order valence-corrected chi connectivity index (χ2v) is 10.9. The topological polar surface area (TPSA) is 46.2 Å². The third-order valence-electron chi connectivity index (χ3n) is 5.13. The summed E-state index contributed by atoms with van der Waals surface area (Å²) >= 11 is 0. The zero-order valence-corrected chi connectivity index (χ0v) is 19.1. The lowest BCUT2D eigenvalue weighted by Gasteiger charge is -2.33. The van der Waals surface area contributed by atoms with Crippen LogP contribution in [0.4, 0.5) is 0 Å². The molecule has 148 valence electrons. The molecule has 2 fully saturated rings. The van der Waals surface area contributed by atoms with Gasteiger partial charge in [-0.3, -0.25) is 0 Å². The molecular formula is C18H38O5Si2. The Morgan fingerprint density at radius 1 is 0.840 bits per heavy atom. The van der Waals surface area contributed by atoms with Crippen LogP contribution in [0.5, 0.6) is 0 Å². The van der Waals surface area contributed by atoms with Crippen molar-refractivity contribution < 1.29 is 23.1 Å². The van der Waals surface area contributed by atoms with Crippen molar-refractivity contribution in [3.8, 4) is 0 Å². The second kappa shape index (κ2) is 13.4. The fourth-order valence-electron chi connectivity index (χ4n) is 3.25. The van der Waals surface area contributed by atoms with Gasteiger partial charge in [0.25, 0.3) is 0 Å². The molecule has 4 atom stereocenters. The number of hydrogen-bond acceptors (Lipinski definition) is 5. The molecule has 0 aliphatic carbocycles. The van der Waals surface area contributed by atoms with Crippen molar-refractivity contribution in [3.05, 3.63) is 0 Å². The summed E-state index contributed by atoms with van der Waals surface area (Å²) in [7, 11) is -0.645. The van der Waals surface area contributed by atoms with E-state index in [2.05, 4.69) is 13.8 Å². The number of ether oxygens (including phenoxy) is 4. The molecule has 2 rings (SSSR count). The first-order chi connectivity index (χ1) is 12.3. The van der Waals surface area contributed by atoms with Crippen molar-refractivity contribution in [2.24, 2.45) is 0 Å². The molecule has 0 aromatic carbocycles. The summed E-state index contributed by atoms with van der Waals surface area (Å²) in [5.74, 6) is 0. The third kappa shape index (κ3) is 8.20. The molecular weight excluding hydrogens is 352 g/mol. The Morgan fingerprint density at radius 2 is 1.28 bits per heavy atom. The van der Waals surface area contributed by atoms with Crippen LogP contribution in [-0.4, -0.2) is 70.4 Å². The Labute approximate surface area is 158 Å². The highest BCUT2D eigenvalue weighted by Crippen LogP contribution is 2.21. The average molecular weight is 391 g/mol. The predicted octanol–water partition coefficient (Wildman–Crippen LogP) is 1.96. The number of rotatable bonds is 16. The van der Waals surface area contributed by atoms with Crippen LogP contribution in [0.3, 0.4) is 0 Å². The molecule has 0 aromatic rings. The fraction of sp³-hybridized carbons (Fsp3) is 1.00. The largest absolute Gasteiger partial charge is 0.465 e. The van der Waals surface area contributed by atoms with Crippen LogP contribution in [0.1, 0.15) is 52.4 Å². The maximum absolute atomic E-state index is 5.98. The molecule has 2 aliphatic heterocycles. The van der Waals surface area contributed by atoms with E-state index in [9.17, 15) is 0 Å². The normalized spacial score (nSPS) is 26.2. The fourth-order valence-corrected chi connectivity index (χ4v) is 6.52. The Hall–Kier alpha value is 0.234. The summed E-state index contributed by atoms with van der Waals surface area (Å²) in [6, 6.07) is 2.48. The molecule has 0 bridgehead atoms. The lowest BCUT2D eigenvalue weighted by atomic mass is 10.1. The van der Waals surface area contributed by atoms with E-state index in [0.29, 0.717) is 24.4 Å². The summed E-state index contributed by atoms with van der Waals surface area (Å²) in [6.45, 7) is 7.92. The van der Waals surface area contributed by atoms with E-state index in [1.54, 1.807) is 0 Å². The van der Waals surface area contributed by atoms with Gasteiger partial charge in [0.15, 0.2) is 0 Å². The first-order valence-electron chi connectivity index (χ1n) is 10.4. The van der Waals surface area contributed by atoms with Gasteiger partial charge < -0.3 is 23.1 Å². The molecule has 5 nitrogen and oxygen atoms in total. The van der Waals surface area contributed by atoms with E-state index in [1.165, 1.54) is 24.9 Å². The summed E-state index contributed by atoms with van der Waals surface area (Å²) in [5.41, 5.74) is 0. The van der Waals surface area contributed by atoms with Crippen LogP contribution >= 0.6 is 0 Å². The molecule has 0 amide bonds. The number of hydrogen-bond donors (Lipinski definition) is 0. The first kappa shape index (κ1) is 21.5. The van der Waals surface area contributed by atoms with Gasteiger partial charge in [-0.1, -0.05) is 13.8 Å². The van der Waals surface area contributed by atoms with Crippen LogP contribution in [0.25, 0.3) is 0 Å². The van der Waals surface area contributed by atoms with Crippen LogP contribution in [0.2, 0.25) is 12.1 Å². The van der Waals surface area contributed by atoms with Gasteiger partial charge in [0.05, 0.1) is 24.4 Å². The van der Waals surface area contributed by atoms with Crippen LogP contribution in [0.15, 0.2) is 0 Å². The molecule has 0 aromatic heterocycles. The van der Waals surface area contributed by atoms with E-state index in [4.69, 9.17) is 23.1 Å². The summed E-state index contributed by atoms with van der Waals surface area (Å²) in [5, 5.41) is 0. The van der Waals surface area contributed by atoms with E-state index in [1.807, 2.05) is 0 Å². The Kier molecular flexibility index (Phi) is 11.5. The van der Waals surface area contributed by atoms with Gasteiger partial charge in [0.2, 0.25) is 0 Å². The Bertz CT molecular complexity index is 297. The summed E-state index contributed by atoms with van der Waals surface area (Å²) in [6.07, 6.45) is 8.06. The lowest BCUT2D eigenvalue weighted by molar-refractivity contribution is -0.138. The van der Waals surface area contributed by atoms with Gasteiger partial charge in [-0.05, 0) is 50.6 Å². The molecule has 2 aliphatic rings. The van der Waals surface area contributed by atoms with Crippen LogP contribution in [-0.2, 0) is 23.1 Å². The molecule has 0 N–H and O–H groups in total. The van der Waals surface area contributed by atoms with E-state index in [0.717, 1.165) is 52.1 Å². The van der Waals surface area contributed by atoms with Crippen molar-refractivity contribution in [1.82, 2.24) is 0 Å². The van der Waals surface area contributed by atoms with Crippen molar-refractivity contribution in [2.75, 3.05) is 26.4 Å². The van der Waals surface area contributed by atoms with Crippen molar-refractivity contribution in [2.45, 2.75) is 88.9 Å². The minimum absolute atomic E-state index is 0.308. The molecule has 0 radical (unpaired) electrons. The predicted molar refractivity (Wildman–Crippen MR) is 106 cm³/mol. The maximum atomic E-state index is 5.98. The quantitative estimate of drug-likeness (QED) is 0.298. The minimum Gasteiger partial charge on any atom is -0.465 e. The van der Waals surface area contributed by atoms with Gasteiger partial charge in [0, 0.05) is 26.4 Å². The maximum Gasteiger partial charge on any atom is 0.146 e. The summed E-state index contributed by atoms with van der Waals surface area (Å²) in [4.78, 5) is 0. The van der Waals surface area contributed by atoms with E-state index < -0.39 is 0 Å². The smallest absolute Gasteiger partial charge is 0.146 e. The zero-order chi connectivity index (χ0) is 17.7. The van der Waals surface area contributed by atoms with Gasteiger partial charge in [-0.25, -0.2) is 0 Å². The average Bonchev–Trinajstić information content (AvgIpc) is 2.53. The Balaban J connectivity index is 1.31. The van der Waals surface area contributed by atoms with Gasteiger partial charge in [0.1, 0.15) is 19.5 Å². The van der Waals surface area contributed by atoms with Gasteiger partial charge in [-0.15, -0.1) is 0 Å². The van der Waals surface area contributed by atoms with E-state index >= 15 is 0 Å². The minimum atomic E-state index is -0.323. The third-order valence-corrected chi connectivity index (χ3v) is 9.02. The highest BCUT2D eigenvalue weighted by molar-refractivity contribution is 6.42. The zero-order valence-electron chi connectivity index (χ0n) is 16.3. The van der Waals surface area contributed by atoms with Crippen molar-refractivity contribution in [1.29, 1.82) is 0 Å². The highest BCUT2D eigenvalue weighted by Gasteiger charge is 2.28. The van der Waals surface area contributed by atoms with Crippen LogP contribution < -0.4 is 0 Å². The van der Waals surface area contributed by atoms with Crippen LogP contribution in [0, 0.1) is 0 Å². The van der Waals surface area contributed by atoms with Crippen molar-refractivity contribution in [3.63, 3.8) is 0 Å². The molecule has 7 heteroatoms. The molecule has 4 unspecified atom stereocenters. The van der Waals surface area contributed by atoms with Gasteiger partial charge in [-0.2, -0.15) is 0 Å². The molecule has 25 heavy (non-hydrogen) atoms. The standard InChI is InChI=1S/C18H38O5Si2/c1-3-15(17-7-11-21-17)19-9-5-13-24-23-25-14-6-10-20-16(4-2)18-8-12-22-18/h15-18H,3-14,24-25H2,1-2H3. The SMILES string of the molecule is CCC(OCCC[SiH2]O[SiH2]CCCOC(CC)C1CCO1)C1CCO1. The lowest BCUT2D eigenvalue weighted by Crippen LogP contribution is -2.39. The molecule has 2 saturated heterocycles. The van der Waals surface area contributed by atoms with Gasteiger partial charge >= 0.3 is 0 Å². The van der Waals surface area contributed by atoms with Crippen molar-refractivity contribution >= 4 is 19.5 Å².